The highest BCUT2D eigenvalue weighted by Crippen LogP contribution is 2.41. The van der Waals surface area contributed by atoms with E-state index in [4.69, 9.17) is 0 Å². The lowest BCUT2D eigenvalue weighted by atomic mass is 10.2. The Hall–Kier alpha value is -1.22. The van der Waals surface area contributed by atoms with Crippen LogP contribution in [0.5, 0.6) is 0 Å². The molecule has 14 heavy (non-hydrogen) atoms. The van der Waals surface area contributed by atoms with Gasteiger partial charge in [0.25, 0.3) is 0 Å². The summed E-state index contributed by atoms with van der Waals surface area (Å²) >= 11 is 1.76. The SMILES string of the molecule is Cc1ccc2c(c1)SC1=NCC=CN12. The molecule has 0 fully saturated rings. The molecule has 0 radical (unpaired) electrons. The van der Waals surface area contributed by atoms with Gasteiger partial charge in [-0.15, -0.1) is 0 Å². The lowest BCUT2D eigenvalue weighted by Gasteiger charge is -2.16. The van der Waals surface area contributed by atoms with Gasteiger partial charge in [-0.3, -0.25) is 9.89 Å². The van der Waals surface area contributed by atoms with Gasteiger partial charge in [0, 0.05) is 11.1 Å². The van der Waals surface area contributed by atoms with E-state index in [1.807, 2.05) is 0 Å². The molecule has 2 heterocycles. The predicted octanol–water partition coefficient (Wildman–Crippen LogP) is 2.79. The van der Waals surface area contributed by atoms with Crippen molar-refractivity contribution in [3.8, 4) is 0 Å². The fraction of sp³-hybridized carbons (Fsp3) is 0.182. The molecule has 2 nitrogen and oxygen atoms in total. The topological polar surface area (TPSA) is 15.6 Å². The molecule has 2 aliphatic heterocycles. The number of hydrogen-bond acceptors (Lipinski definition) is 3. The van der Waals surface area contributed by atoms with Crippen LogP contribution in [-0.2, 0) is 0 Å². The maximum absolute atomic E-state index is 4.45. The van der Waals surface area contributed by atoms with Crippen LogP contribution in [0.25, 0.3) is 0 Å². The van der Waals surface area contributed by atoms with E-state index < -0.39 is 0 Å². The number of amidine groups is 1. The molecule has 2 aliphatic rings. The minimum Gasteiger partial charge on any atom is -0.296 e. The summed E-state index contributed by atoms with van der Waals surface area (Å²) in [5.74, 6) is 0. The lowest BCUT2D eigenvalue weighted by molar-refractivity contribution is 1.16. The van der Waals surface area contributed by atoms with Crippen LogP contribution < -0.4 is 4.90 Å². The number of fused-ring (bicyclic) bond motifs is 3. The van der Waals surface area contributed by atoms with E-state index in [1.54, 1.807) is 11.8 Å². The first kappa shape index (κ1) is 8.12. The van der Waals surface area contributed by atoms with Gasteiger partial charge >= 0.3 is 0 Å². The number of aryl methyl sites for hydroxylation is 1. The van der Waals surface area contributed by atoms with E-state index >= 15 is 0 Å². The summed E-state index contributed by atoms with van der Waals surface area (Å²) in [4.78, 5) is 7.93. The van der Waals surface area contributed by atoms with Crippen molar-refractivity contribution in [1.82, 2.24) is 0 Å². The lowest BCUT2D eigenvalue weighted by Crippen LogP contribution is -2.20. The molecule has 3 heteroatoms. The summed E-state index contributed by atoms with van der Waals surface area (Å²) in [5.41, 5.74) is 2.57. The third-order valence-corrected chi connectivity index (χ3v) is 3.42. The highest BCUT2D eigenvalue weighted by atomic mass is 32.2. The first-order valence-electron chi connectivity index (χ1n) is 4.63. The van der Waals surface area contributed by atoms with Crippen molar-refractivity contribution < 1.29 is 0 Å². The fourth-order valence-electron chi connectivity index (χ4n) is 1.69. The molecule has 0 amide bonds. The van der Waals surface area contributed by atoms with Crippen molar-refractivity contribution in [2.45, 2.75) is 11.8 Å². The van der Waals surface area contributed by atoms with E-state index in [0.717, 1.165) is 11.7 Å². The van der Waals surface area contributed by atoms with Gasteiger partial charge in [0.15, 0.2) is 5.17 Å². The van der Waals surface area contributed by atoms with Crippen LogP contribution in [0, 0.1) is 6.92 Å². The first-order valence-corrected chi connectivity index (χ1v) is 5.45. The van der Waals surface area contributed by atoms with Gasteiger partial charge in [-0.25, -0.2) is 0 Å². The number of hydrogen-bond donors (Lipinski definition) is 0. The molecular formula is C11H10N2S. The molecule has 0 aromatic heterocycles. The Balaban J connectivity index is 2.14. The Morgan fingerprint density at radius 1 is 1.43 bits per heavy atom. The second-order valence-electron chi connectivity index (χ2n) is 3.45. The fourth-order valence-corrected chi connectivity index (χ4v) is 2.80. The molecular weight excluding hydrogens is 192 g/mol. The Labute approximate surface area is 87.3 Å². The molecule has 0 atom stereocenters. The maximum Gasteiger partial charge on any atom is 0.173 e. The molecule has 70 valence electrons. The zero-order valence-electron chi connectivity index (χ0n) is 7.90. The van der Waals surface area contributed by atoms with Crippen LogP contribution in [0.2, 0.25) is 0 Å². The van der Waals surface area contributed by atoms with Gasteiger partial charge in [0.05, 0.1) is 12.2 Å². The van der Waals surface area contributed by atoms with Crippen molar-refractivity contribution in [2.24, 2.45) is 4.99 Å². The van der Waals surface area contributed by atoms with Crippen LogP contribution in [0.15, 0.2) is 40.4 Å². The van der Waals surface area contributed by atoms with Crippen molar-refractivity contribution in [1.29, 1.82) is 0 Å². The number of nitrogens with zero attached hydrogens (tertiary/aromatic N) is 2. The maximum atomic E-state index is 4.45. The van der Waals surface area contributed by atoms with E-state index in [1.165, 1.54) is 16.1 Å². The van der Waals surface area contributed by atoms with E-state index in [0.29, 0.717) is 0 Å². The minimum absolute atomic E-state index is 0.811. The van der Waals surface area contributed by atoms with Gasteiger partial charge < -0.3 is 0 Å². The van der Waals surface area contributed by atoms with Crippen LogP contribution in [0.4, 0.5) is 5.69 Å². The summed E-state index contributed by atoms with van der Waals surface area (Å²) in [5, 5.41) is 1.10. The van der Waals surface area contributed by atoms with Crippen LogP contribution in [0.1, 0.15) is 5.56 Å². The molecule has 0 spiro atoms. The summed E-state index contributed by atoms with van der Waals surface area (Å²) < 4.78 is 0. The minimum atomic E-state index is 0.811. The summed E-state index contributed by atoms with van der Waals surface area (Å²) in [6, 6.07) is 6.52. The standard InChI is InChI=1S/C11H10N2S/c1-8-3-4-9-10(7-8)14-11-12-5-2-6-13(9)11/h2-4,6-7H,5H2,1H3. The molecule has 3 rings (SSSR count). The van der Waals surface area contributed by atoms with Crippen molar-refractivity contribution in [3.05, 3.63) is 36.0 Å². The average Bonchev–Trinajstić information content (AvgIpc) is 2.54. The molecule has 0 saturated carbocycles. The van der Waals surface area contributed by atoms with Gasteiger partial charge in [0.2, 0.25) is 0 Å². The Morgan fingerprint density at radius 3 is 3.29 bits per heavy atom. The normalized spacial score (nSPS) is 17.8. The highest BCUT2D eigenvalue weighted by Gasteiger charge is 2.25. The van der Waals surface area contributed by atoms with Gasteiger partial charge in [-0.05, 0) is 42.5 Å². The van der Waals surface area contributed by atoms with Crippen molar-refractivity contribution >= 4 is 22.6 Å². The molecule has 0 aliphatic carbocycles. The molecule has 1 aromatic carbocycles. The Morgan fingerprint density at radius 2 is 2.36 bits per heavy atom. The second-order valence-corrected chi connectivity index (χ2v) is 4.46. The average molecular weight is 202 g/mol. The second kappa shape index (κ2) is 2.89. The van der Waals surface area contributed by atoms with E-state index in [-0.39, 0.29) is 0 Å². The Bertz CT molecular complexity index is 449. The summed E-state index contributed by atoms with van der Waals surface area (Å²) in [6.45, 7) is 2.93. The quantitative estimate of drug-likeness (QED) is 0.643. The van der Waals surface area contributed by atoms with E-state index in [2.05, 4.69) is 47.3 Å². The van der Waals surface area contributed by atoms with Crippen LogP contribution in [0.3, 0.4) is 0 Å². The summed E-state index contributed by atoms with van der Waals surface area (Å²) in [7, 11) is 0. The van der Waals surface area contributed by atoms with Crippen molar-refractivity contribution in [2.75, 3.05) is 11.4 Å². The molecule has 0 saturated heterocycles. The number of benzene rings is 1. The van der Waals surface area contributed by atoms with Gasteiger partial charge in [-0.1, -0.05) is 6.07 Å². The molecule has 0 unspecified atom stereocenters. The van der Waals surface area contributed by atoms with E-state index in [9.17, 15) is 0 Å². The Kier molecular flexibility index (Phi) is 1.67. The molecule has 0 bridgehead atoms. The number of aliphatic imine (C=N–C) groups is 1. The third-order valence-electron chi connectivity index (χ3n) is 2.37. The molecule has 1 aromatic rings. The molecule has 0 N–H and O–H groups in total. The predicted molar refractivity (Wildman–Crippen MR) is 61.0 cm³/mol. The monoisotopic (exact) mass is 202 g/mol. The van der Waals surface area contributed by atoms with Crippen LogP contribution in [-0.4, -0.2) is 11.7 Å². The first-order chi connectivity index (χ1) is 6.84. The number of thioether (sulfide) groups is 1. The summed E-state index contributed by atoms with van der Waals surface area (Å²) in [6.07, 6.45) is 4.19. The highest BCUT2D eigenvalue weighted by molar-refractivity contribution is 8.14. The number of anilines is 1. The zero-order chi connectivity index (χ0) is 9.54. The van der Waals surface area contributed by atoms with Crippen LogP contribution >= 0.6 is 11.8 Å². The van der Waals surface area contributed by atoms with Crippen molar-refractivity contribution in [3.63, 3.8) is 0 Å². The van der Waals surface area contributed by atoms with Gasteiger partial charge in [0.1, 0.15) is 0 Å². The third kappa shape index (κ3) is 1.09. The number of rotatable bonds is 0. The smallest absolute Gasteiger partial charge is 0.173 e. The van der Waals surface area contributed by atoms with Gasteiger partial charge in [-0.2, -0.15) is 0 Å². The zero-order valence-corrected chi connectivity index (χ0v) is 8.71. The largest absolute Gasteiger partial charge is 0.296 e.